The van der Waals surface area contributed by atoms with Crippen molar-refractivity contribution in [1.29, 1.82) is 0 Å². The SMILES string of the molecule is CC(C)(C)NC(=O)O[C@H](Cc1ccccc1)Cc1c[nH]c2ccc(Cl)cc12. The number of hydrogen-bond donors (Lipinski definition) is 2. The lowest BCUT2D eigenvalue weighted by atomic mass is 10.0. The van der Waals surface area contributed by atoms with Crippen molar-refractivity contribution in [3.8, 4) is 0 Å². The molecule has 0 spiro atoms. The molecule has 27 heavy (non-hydrogen) atoms. The number of rotatable bonds is 5. The number of carbonyl (C=O) groups excluding carboxylic acids is 1. The first kappa shape index (κ1) is 19.3. The van der Waals surface area contributed by atoms with Crippen molar-refractivity contribution in [1.82, 2.24) is 10.3 Å². The van der Waals surface area contributed by atoms with Crippen LogP contribution in [0.3, 0.4) is 0 Å². The van der Waals surface area contributed by atoms with Crippen LogP contribution in [0.15, 0.2) is 54.7 Å². The number of aromatic amines is 1. The van der Waals surface area contributed by atoms with Gasteiger partial charge in [-0.1, -0.05) is 41.9 Å². The molecule has 0 aliphatic carbocycles. The molecule has 0 saturated carbocycles. The number of benzene rings is 2. The number of H-pyrrole nitrogens is 1. The maximum absolute atomic E-state index is 12.3. The molecule has 1 aromatic heterocycles. The van der Waals surface area contributed by atoms with Crippen molar-refractivity contribution in [2.75, 3.05) is 0 Å². The van der Waals surface area contributed by atoms with E-state index < -0.39 is 6.09 Å². The summed E-state index contributed by atoms with van der Waals surface area (Å²) >= 11 is 6.16. The summed E-state index contributed by atoms with van der Waals surface area (Å²) in [6.07, 6.45) is 2.52. The molecule has 0 fully saturated rings. The van der Waals surface area contributed by atoms with Gasteiger partial charge in [0.25, 0.3) is 0 Å². The maximum Gasteiger partial charge on any atom is 0.407 e. The van der Waals surface area contributed by atoms with Gasteiger partial charge >= 0.3 is 6.09 Å². The quantitative estimate of drug-likeness (QED) is 0.610. The summed E-state index contributed by atoms with van der Waals surface area (Å²) in [6.45, 7) is 5.80. The lowest BCUT2D eigenvalue weighted by Gasteiger charge is -2.24. The molecule has 4 nitrogen and oxygen atoms in total. The van der Waals surface area contributed by atoms with Gasteiger partial charge in [-0.3, -0.25) is 0 Å². The fraction of sp³-hybridized carbons (Fsp3) is 0.318. The number of aromatic nitrogens is 1. The third-order valence-corrected chi connectivity index (χ3v) is 4.47. The molecular weight excluding hydrogens is 360 g/mol. The van der Waals surface area contributed by atoms with E-state index in [-0.39, 0.29) is 11.6 Å². The second-order valence-electron chi connectivity index (χ2n) is 7.80. The minimum Gasteiger partial charge on any atom is -0.446 e. The summed E-state index contributed by atoms with van der Waals surface area (Å²) in [7, 11) is 0. The van der Waals surface area contributed by atoms with Gasteiger partial charge < -0.3 is 15.0 Å². The molecule has 2 aromatic carbocycles. The highest BCUT2D eigenvalue weighted by atomic mass is 35.5. The normalized spacial score (nSPS) is 12.7. The molecule has 1 amide bonds. The monoisotopic (exact) mass is 384 g/mol. The van der Waals surface area contributed by atoms with Crippen LogP contribution >= 0.6 is 11.6 Å². The topological polar surface area (TPSA) is 54.1 Å². The van der Waals surface area contributed by atoms with E-state index in [4.69, 9.17) is 16.3 Å². The Morgan fingerprint density at radius 3 is 2.59 bits per heavy atom. The summed E-state index contributed by atoms with van der Waals surface area (Å²) in [6, 6.07) is 15.8. The van der Waals surface area contributed by atoms with Crippen LogP contribution in [0.5, 0.6) is 0 Å². The van der Waals surface area contributed by atoms with Gasteiger partial charge in [0.1, 0.15) is 6.10 Å². The van der Waals surface area contributed by atoms with Crippen molar-refractivity contribution >= 4 is 28.6 Å². The molecule has 1 heterocycles. The molecule has 0 unspecified atom stereocenters. The summed E-state index contributed by atoms with van der Waals surface area (Å²) in [5.41, 5.74) is 2.89. The van der Waals surface area contributed by atoms with E-state index in [0.29, 0.717) is 17.9 Å². The van der Waals surface area contributed by atoms with Gasteiger partial charge in [0.15, 0.2) is 0 Å². The maximum atomic E-state index is 12.3. The van der Waals surface area contributed by atoms with Gasteiger partial charge in [0, 0.05) is 40.5 Å². The average Bonchev–Trinajstić information content (AvgIpc) is 2.96. The van der Waals surface area contributed by atoms with Crippen LogP contribution in [-0.4, -0.2) is 22.7 Å². The lowest BCUT2D eigenvalue weighted by Crippen LogP contribution is -2.42. The zero-order valence-electron chi connectivity index (χ0n) is 15.9. The first-order valence-electron chi connectivity index (χ1n) is 9.08. The smallest absolute Gasteiger partial charge is 0.407 e. The summed E-state index contributed by atoms with van der Waals surface area (Å²) < 4.78 is 5.79. The fourth-order valence-electron chi connectivity index (χ4n) is 3.08. The Balaban J connectivity index is 1.82. The van der Waals surface area contributed by atoms with E-state index in [1.54, 1.807) is 0 Å². The lowest BCUT2D eigenvalue weighted by molar-refractivity contribution is 0.0913. The Bertz CT molecular complexity index is 913. The van der Waals surface area contributed by atoms with Gasteiger partial charge in [-0.05, 0) is 50.1 Å². The van der Waals surface area contributed by atoms with Crippen LogP contribution in [0.1, 0.15) is 31.9 Å². The number of nitrogens with one attached hydrogen (secondary N) is 2. The summed E-state index contributed by atoms with van der Waals surface area (Å²) in [5, 5.41) is 4.62. The Morgan fingerprint density at radius 1 is 1.15 bits per heavy atom. The Morgan fingerprint density at radius 2 is 1.89 bits per heavy atom. The van der Waals surface area contributed by atoms with Crippen molar-refractivity contribution in [3.05, 3.63) is 70.9 Å². The number of amides is 1. The number of alkyl carbamates (subject to hydrolysis) is 1. The van der Waals surface area contributed by atoms with Crippen molar-refractivity contribution in [3.63, 3.8) is 0 Å². The average molecular weight is 385 g/mol. The molecule has 0 saturated heterocycles. The third kappa shape index (κ3) is 5.51. The van der Waals surface area contributed by atoms with Crippen molar-refractivity contribution in [2.45, 2.75) is 45.3 Å². The first-order chi connectivity index (χ1) is 12.8. The van der Waals surface area contributed by atoms with Gasteiger partial charge in [-0.25, -0.2) is 4.79 Å². The van der Waals surface area contributed by atoms with Gasteiger partial charge in [0.2, 0.25) is 0 Å². The number of hydrogen-bond acceptors (Lipinski definition) is 2. The molecule has 3 aromatic rings. The Hall–Kier alpha value is -2.46. The largest absolute Gasteiger partial charge is 0.446 e. The van der Waals surface area contributed by atoms with E-state index >= 15 is 0 Å². The van der Waals surface area contributed by atoms with E-state index in [9.17, 15) is 4.79 Å². The molecule has 5 heteroatoms. The second kappa shape index (κ2) is 8.05. The van der Waals surface area contributed by atoms with Crippen LogP contribution in [0, 0.1) is 0 Å². The number of carbonyl (C=O) groups is 1. The summed E-state index contributed by atoms with van der Waals surface area (Å²) in [5.74, 6) is 0. The minimum atomic E-state index is -0.402. The zero-order chi connectivity index (χ0) is 19.4. The molecule has 1 atom stereocenters. The number of halogens is 1. The third-order valence-electron chi connectivity index (χ3n) is 4.23. The highest BCUT2D eigenvalue weighted by molar-refractivity contribution is 6.31. The minimum absolute atomic E-state index is 0.285. The molecule has 0 aliphatic heterocycles. The Kier molecular flexibility index (Phi) is 5.76. The standard InChI is InChI=1S/C22H25ClN2O2/c1-22(2,3)25-21(26)27-18(11-15-7-5-4-6-8-15)12-16-14-24-20-10-9-17(23)13-19(16)20/h4-10,13-14,18,24H,11-12H2,1-3H3,(H,25,26)/t18-/m1/s1. The predicted octanol–water partition coefficient (Wildman–Crippen LogP) is 5.50. The first-order valence-corrected chi connectivity index (χ1v) is 9.46. The van der Waals surface area contributed by atoms with E-state index in [1.165, 1.54) is 0 Å². The van der Waals surface area contributed by atoms with E-state index in [2.05, 4.69) is 10.3 Å². The fourth-order valence-corrected chi connectivity index (χ4v) is 3.26. The van der Waals surface area contributed by atoms with Gasteiger partial charge in [0.05, 0.1) is 0 Å². The Labute approximate surface area is 164 Å². The number of ether oxygens (including phenoxy) is 1. The van der Waals surface area contributed by atoms with Gasteiger partial charge in [-0.2, -0.15) is 0 Å². The molecule has 2 N–H and O–H groups in total. The molecule has 142 valence electrons. The van der Waals surface area contributed by atoms with Crippen LogP contribution in [-0.2, 0) is 17.6 Å². The van der Waals surface area contributed by atoms with Crippen LogP contribution in [0.4, 0.5) is 4.79 Å². The van der Waals surface area contributed by atoms with Crippen LogP contribution in [0.25, 0.3) is 10.9 Å². The highest BCUT2D eigenvalue weighted by Crippen LogP contribution is 2.24. The predicted molar refractivity (Wildman–Crippen MR) is 110 cm³/mol. The van der Waals surface area contributed by atoms with Gasteiger partial charge in [-0.15, -0.1) is 0 Å². The molecule has 0 aliphatic rings. The molecule has 3 rings (SSSR count). The number of fused-ring (bicyclic) bond motifs is 1. The molecule has 0 radical (unpaired) electrons. The highest BCUT2D eigenvalue weighted by Gasteiger charge is 2.21. The molecular formula is C22H25ClN2O2. The summed E-state index contributed by atoms with van der Waals surface area (Å²) in [4.78, 5) is 15.6. The van der Waals surface area contributed by atoms with E-state index in [0.717, 1.165) is 22.0 Å². The van der Waals surface area contributed by atoms with Crippen LogP contribution in [0.2, 0.25) is 5.02 Å². The van der Waals surface area contributed by atoms with Crippen molar-refractivity contribution < 1.29 is 9.53 Å². The van der Waals surface area contributed by atoms with E-state index in [1.807, 2.05) is 75.5 Å². The van der Waals surface area contributed by atoms with Crippen molar-refractivity contribution in [2.24, 2.45) is 0 Å². The zero-order valence-corrected chi connectivity index (χ0v) is 16.6. The molecule has 0 bridgehead atoms. The second-order valence-corrected chi connectivity index (χ2v) is 8.24. The van der Waals surface area contributed by atoms with Crippen LogP contribution < -0.4 is 5.32 Å².